The summed E-state index contributed by atoms with van der Waals surface area (Å²) in [6, 6.07) is 0. The summed E-state index contributed by atoms with van der Waals surface area (Å²) < 4.78 is 0. The van der Waals surface area contributed by atoms with Gasteiger partial charge in [-0.25, -0.2) is 0 Å². The summed E-state index contributed by atoms with van der Waals surface area (Å²) in [5.41, 5.74) is 1.04. The van der Waals surface area contributed by atoms with Crippen molar-refractivity contribution in [3.8, 4) is 0 Å². The third kappa shape index (κ3) is 2.66. The minimum atomic E-state index is -0.727. The van der Waals surface area contributed by atoms with E-state index in [0.717, 1.165) is 16.4 Å². The maximum atomic E-state index is 10.2. The van der Waals surface area contributed by atoms with E-state index in [0.29, 0.717) is 0 Å². The van der Waals surface area contributed by atoms with E-state index in [1.54, 1.807) is 23.5 Å². The van der Waals surface area contributed by atoms with Crippen LogP contribution in [0.2, 0.25) is 0 Å². The number of hydrogen-bond donors (Lipinski definition) is 1. The van der Waals surface area contributed by atoms with Gasteiger partial charge in [-0.3, -0.25) is 4.79 Å². The second-order valence-electron chi connectivity index (χ2n) is 1.98. The molecule has 2 nitrogen and oxygen atoms in total. The quantitative estimate of drug-likeness (QED) is 0.696. The molecule has 0 radical (unpaired) electrons. The SMILES string of the molecule is O=C(O)CC1=CSCSC1. The zero-order chi connectivity index (χ0) is 7.40. The van der Waals surface area contributed by atoms with E-state index >= 15 is 0 Å². The maximum Gasteiger partial charge on any atom is 0.307 e. The summed E-state index contributed by atoms with van der Waals surface area (Å²) in [5, 5.41) is 11.4. The number of aliphatic carboxylic acids is 1. The molecule has 0 amide bonds. The summed E-state index contributed by atoms with van der Waals surface area (Å²) in [7, 11) is 0. The van der Waals surface area contributed by atoms with Gasteiger partial charge in [0, 0.05) is 10.8 Å². The highest BCUT2D eigenvalue weighted by Crippen LogP contribution is 2.25. The highest BCUT2D eigenvalue weighted by atomic mass is 32.2. The molecule has 0 aliphatic carbocycles. The summed E-state index contributed by atoms with van der Waals surface area (Å²) in [5.74, 6) is 0.161. The Balaban J connectivity index is 2.38. The molecule has 0 aromatic heterocycles. The highest BCUT2D eigenvalue weighted by molar-refractivity contribution is 8.18. The van der Waals surface area contributed by atoms with Gasteiger partial charge in [0.2, 0.25) is 0 Å². The number of hydrogen-bond acceptors (Lipinski definition) is 3. The van der Waals surface area contributed by atoms with Crippen LogP contribution in [0.25, 0.3) is 0 Å². The fourth-order valence-electron chi connectivity index (χ4n) is 0.694. The average Bonchev–Trinajstić information content (AvgIpc) is 1.88. The summed E-state index contributed by atoms with van der Waals surface area (Å²) in [6.07, 6.45) is 0.208. The lowest BCUT2D eigenvalue weighted by atomic mass is 10.2. The lowest BCUT2D eigenvalue weighted by molar-refractivity contribution is -0.136. The molecule has 0 unspecified atom stereocenters. The van der Waals surface area contributed by atoms with Crippen molar-refractivity contribution in [1.29, 1.82) is 0 Å². The Morgan fingerprint density at radius 1 is 1.80 bits per heavy atom. The third-order valence-electron chi connectivity index (χ3n) is 1.07. The maximum absolute atomic E-state index is 10.2. The first-order valence-corrected chi connectivity index (χ1v) is 5.08. The van der Waals surface area contributed by atoms with E-state index in [4.69, 9.17) is 5.11 Å². The topological polar surface area (TPSA) is 37.3 Å². The zero-order valence-corrected chi connectivity index (χ0v) is 7.00. The predicted molar refractivity (Wildman–Crippen MR) is 45.3 cm³/mol. The van der Waals surface area contributed by atoms with Gasteiger partial charge >= 0.3 is 5.97 Å². The standard InChI is InChI=1S/C6H8O2S2/c7-6(8)1-5-2-9-4-10-3-5/h2H,1,3-4H2,(H,7,8). The van der Waals surface area contributed by atoms with E-state index in [1.807, 2.05) is 5.41 Å². The molecule has 1 aliphatic heterocycles. The molecule has 0 aromatic carbocycles. The van der Waals surface area contributed by atoms with Crippen molar-refractivity contribution in [3.63, 3.8) is 0 Å². The van der Waals surface area contributed by atoms with Gasteiger partial charge in [-0.1, -0.05) is 0 Å². The van der Waals surface area contributed by atoms with Crippen molar-refractivity contribution in [2.24, 2.45) is 0 Å². The molecule has 0 saturated carbocycles. The molecule has 1 aliphatic rings. The molecule has 0 saturated heterocycles. The van der Waals surface area contributed by atoms with Crippen molar-refractivity contribution in [1.82, 2.24) is 0 Å². The highest BCUT2D eigenvalue weighted by Gasteiger charge is 2.07. The minimum Gasteiger partial charge on any atom is -0.481 e. The number of carbonyl (C=O) groups is 1. The van der Waals surface area contributed by atoms with Crippen molar-refractivity contribution >= 4 is 29.5 Å². The van der Waals surface area contributed by atoms with Crippen LogP contribution in [0.4, 0.5) is 0 Å². The molecule has 56 valence electrons. The average molecular weight is 176 g/mol. The van der Waals surface area contributed by atoms with Crippen LogP contribution in [-0.2, 0) is 4.79 Å². The number of thioether (sulfide) groups is 2. The smallest absolute Gasteiger partial charge is 0.307 e. The predicted octanol–water partition coefficient (Wildman–Crippen LogP) is 1.78. The van der Waals surface area contributed by atoms with Crippen molar-refractivity contribution in [2.75, 3.05) is 10.8 Å². The van der Waals surface area contributed by atoms with Crippen LogP contribution in [0, 0.1) is 0 Å². The van der Waals surface area contributed by atoms with E-state index < -0.39 is 5.97 Å². The van der Waals surface area contributed by atoms with Crippen LogP contribution in [-0.4, -0.2) is 21.9 Å². The van der Waals surface area contributed by atoms with Crippen LogP contribution in [0.3, 0.4) is 0 Å². The Morgan fingerprint density at radius 2 is 2.60 bits per heavy atom. The van der Waals surface area contributed by atoms with Crippen LogP contribution in [0.5, 0.6) is 0 Å². The van der Waals surface area contributed by atoms with Crippen LogP contribution in [0.15, 0.2) is 11.0 Å². The number of rotatable bonds is 2. The van der Waals surface area contributed by atoms with Gasteiger partial charge in [-0.2, -0.15) is 0 Å². The van der Waals surface area contributed by atoms with Crippen molar-refractivity contribution in [2.45, 2.75) is 6.42 Å². The van der Waals surface area contributed by atoms with E-state index in [9.17, 15) is 4.79 Å². The van der Waals surface area contributed by atoms with E-state index in [2.05, 4.69) is 0 Å². The van der Waals surface area contributed by atoms with Gasteiger partial charge < -0.3 is 5.11 Å². The van der Waals surface area contributed by atoms with Gasteiger partial charge in [0.25, 0.3) is 0 Å². The summed E-state index contributed by atoms with van der Waals surface area (Å²) in [6.45, 7) is 0. The largest absolute Gasteiger partial charge is 0.481 e. The van der Waals surface area contributed by atoms with Crippen LogP contribution in [0.1, 0.15) is 6.42 Å². The normalized spacial score (nSPS) is 18.2. The molecule has 1 N–H and O–H groups in total. The van der Waals surface area contributed by atoms with Gasteiger partial charge in [0.1, 0.15) is 0 Å². The summed E-state index contributed by atoms with van der Waals surface area (Å²) in [4.78, 5) is 10.2. The Hall–Kier alpha value is -0.0900. The molecule has 1 heterocycles. The molecule has 0 aromatic rings. The second kappa shape index (κ2) is 3.93. The van der Waals surface area contributed by atoms with Crippen LogP contribution >= 0.6 is 23.5 Å². The second-order valence-corrected chi connectivity index (χ2v) is 4.19. The Morgan fingerprint density at radius 3 is 3.10 bits per heavy atom. The van der Waals surface area contributed by atoms with Gasteiger partial charge in [0.15, 0.2) is 0 Å². The molecule has 1 rings (SSSR count). The number of carboxylic acids is 1. The lowest BCUT2D eigenvalue weighted by Gasteiger charge is -2.08. The fourth-order valence-corrected chi connectivity index (χ4v) is 2.64. The van der Waals surface area contributed by atoms with Crippen molar-refractivity contribution < 1.29 is 9.90 Å². The zero-order valence-electron chi connectivity index (χ0n) is 5.37. The molecular weight excluding hydrogens is 168 g/mol. The Kier molecular flexibility index (Phi) is 3.15. The molecule has 0 atom stereocenters. The molecule has 0 bridgehead atoms. The lowest BCUT2D eigenvalue weighted by Crippen LogP contribution is -2.01. The van der Waals surface area contributed by atoms with Crippen LogP contribution < -0.4 is 0 Å². The first-order valence-electron chi connectivity index (χ1n) is 2.88. The Labute approximate surface area is 68.1 Å². The van der Waals surface area contributed by atoms with Gasteiger partial charge in [0.05, 0.1) is 6.42 Å². The Bertz CT molecular complexity index is 165. The fraction of sp³-hybridized carbons (Fsp3) is 0.500. The van der Waals surface area contributed by atoms with E-state index in [-0.39, 0.29) is 6.42 Å². The molecular formula is C6H8O2S2. The monoisotopic (exact) mass is 176 g/mol. The van der Waals surface area contributed by atoms with Crippen molar-refractivity contribution in [3.05, 3.63) is 11.0 Å². The van der Waals surface area contributed by atoms with Gasteiger partial charge in [-0.05, 0) is 11.0 Å². The molecule has 4 heteroatoms. The molecule has 0 spiro atoms. The molecule has 0 fully saturated rings. The third-order valence-corrected chi connectivity index (χ3v) is 3.35. The number of carboxylic acid groups (broad SMARTS) is 1. The summed E-state index contributed by atoms with van der Waals surface area (Å²) >= 11 is 3.46. The molecule has 10 heavy (non-hydrogen) atoms. The first kappa shape index (κ1) is 8.01. The van der Waals surface area contributed by atoms with Gasteiger partial charge in [-0.15, -0.1) is 23.5 Å². The minimum absolute atomic E-state index is 0.208. The van der Waals surface area contributed by atoms with E-state index in [1.165, 1.54) is 0 Å². The first-order chi connectivity index (χ1) is 4.79.